The molecule has 0 saturated carbocycles. The van der Waals surface area contributed by atoms with E-state index in [9.17, 15) is 19.0 Å². The minimum Gasteiger partial charge on any atom is -0.462 e. The van der Waals surface area contributed by atoms with Crippen LogP contribution in [0.3, 0.4) is 0 Å². The summed E-state index contributed by atoms with van der Waals surface area (Å²) in [5.74, 6) is -0.855. The summed E-state index contributed by atoms with van der Waals surface area (Å²) in [4.78, 5) is 34.8. The quantitative estimate of drug-likeness (QED) is 0.0271. The molecule has 10 heteroatoms. The van der Waals surface area contributed by atoms with Gasteiger partial charge in [0, 0.05) is 19.4 Å². The van der Waals surface area contributed by atoms with Gasteiger partial charge in [-0.3, -0.25) is 18.6 Å². The molecule has 0 amide bonds. The average Bonchev–Trinajstić information content (AvgIpc) is 3.14. The van der Waals surface area contributed by atoms with E-state index in [1.807, 2.05) is 0 Å². The number of carbonyl (C=O) groups excluding carboxylic acids is 2. The third-order valence-electron chi connectivity index (χ3n) is 8.69. The molecule has 0 spiro atoms. The number of unbranched alkanes of at least 4 members (excludes halogenated alkanes) is 18. The van der Waals surface area contributed by atoms with E-state index in [1.165, 1.54) is 70.6 Å². The lowest BCUT2D eigenvalue weighted by Crippen LogP contribution is -2.29. The van der Waals surface area contributed by atoms with Gasteiger partial charge < -0.3 is 20.1 Å². The molecular weight excluding hydrogens is 689 g/mol. The van der Waals surface area contributed by atoms with Crippen LogP contribution in [0.25, 0.3) is 0 Å². The zero-order chi connectivity index (χ0) is 38.9. The standard InChI is InChI=1S/C43H78NO8P/c1-3-5-7-9-11-13-15-17-19-20-22-24-26-28-30-32-34-36-43(46)52-41(40-51-53(47,48)50-38-37-44)39-49-42(45)35-33-31-29-27-25-23-21-18-16-14-12-10-8-6-4-2/h11-14,17-19,21,41H,3-10,15-16,20,22-40,44H2,1-2H3,(H,47,48). The van der Waals surface area contributed by atoms with E-state index in [2.05, 4.69) is 62.5 Å². The molecule has 0 aliphatic rings. The van der Waals surface area contributed by atoms with Crippen molar-refractivity contribution in [3.8, 4) is 0 Å². The molecule has 0 heterocycles. The number of allylic oxidation sites excluding steroid dienone is 8. The fraction of sp³-hybridized carbons (Fsp3) is 0.767. The third-order valence-corrected chi connectivity index (χ3v) is 9.67. The molecule has 0 fully saturated rings. The number of carbonyl (C=O) groups is 2. The third kappa shape index (κ3) is 39.5. The maximum absolute atomic E-state index is 12.6. The summed E-state index contributed by atoms with van der Waals surface area (Å²) in [6, 6.07) is 0. The van der Waals surface area contributed by atoms with Gasteiger partial charge in [0.15, 0.2) is 6.10 Å². The highest BCUT2D eigenvalue weighted by atomic mass is 31.2. The van der Waals surface area contributed by atoms with E-state index >= 15 is 0 Å². The van der Waals surface area contributed by atoms with E-state index in [4.69, 9.17) is 24.3 Å². The Morgan fingerprint density at radius 3 is 1.43 bits per heavy atom. The second kappa shape index (κ2) is 39.7. The largest absolute Gasteiger partial charge is 0.472 e. The lowest BCUT2D eigenvalue weighted by atomic mass is 10.1. The summed E-state index contributed by atoms with van der Waals surface area (Å²) < 4.78 is 32.7. The van der Waals surface area contributed by atoms with Crippen LogP contribution in [0.1, 0.15) is 181 Å². The molecule has 0 aromatic heterocycles. The van der Waals surface area contributed by atoms with Crippen molar-refractivity contribution in [2.75, 3.05) is 26.4 Å². The number of phosphoric acid groups is 1. The van der Waals surface area contributed by atoms with Crippen LogP contribution in [0.4, 0.5) is 0 Å². The van der Waals surface area contributed by atoms with Crippen LogP contribution in [0, 0.1) is 0 Å². The summed E-state index contributed by atoms with van der Waals surface area (Å²) in [5, 5.41) is 0. The second-order valence-corrected chi connectivity index (χ2v) is 15.3. The summed E-state index contributed by atoms with van der Waals surface area (Å²) in [5.41, 5.74) is 5.34. The van der Waals surface area contributed by atoms with Gasteiger partial charge in [0.2, 0.25) is 0 Å². The molecular formula is C43H78NO8P. The van der Waals surface area contributed by atoms with Crippen LogP contribution in [0.2, 0.25) is 0 Å². The SMILES string of the molecule is CCCCCC=CCC=CCCCCCCCCCC(=O)OC(COC(=O)CCCCCCCC=CCC=CCCCCC)COP(=O)(O)OCCN. The van der Waals surface area contributed by atoms with Gasteiger partial charge in [0.05, 0.1) is 13.2 Å². The molecule has 3 N–H and O–H groups in total. The number of rotatable bonds is 39. The van der Waals surface area contributed by atoms with Gasteiger partial charge in [-0.1, -0.05) is 140 Å². The Morgan fingerprint density at radius 2 is 0.981 bits per heavy atom. The number of nitrogens with two attached hydrogens (primary N) is 1. The Kier molecular flexibility index (Phi) is 38.1. The molecule has 53 heavy (non-hydrogen) atoms. The number of hydrogen-bond donors (Lipinski definition) is 2. The highest BCUT2D eigenvalue weighted by molar-refractivity contribution is 7.47. The Hall–Kier alpha value is -2.03. The van der Waals surface area contributed by atoms with Crippen molar-refractivity contribution in [1.29, 1.82) is 0 Å². The second-order valence-electron chi connectivity index (χ2n) is 13.8. The smallest absolute Gasteiger partial charge is 0.462 e. The van der Waals surface area contributed by atoms with E-state index < -0.39 is 32.5 Å². The van der Waals surface area contributed by atoms with Gasteiger partial charge >= 0.3 is 19.8 Å². The lowest BCUT2D eigenvalue weighted by molar-refractivity contribution is -0.161. The first-order valence-corrected chi connectivity index (χ1v) is 22.6. The Balaban J connectivity index is 4.21. The normalized spacial score (nSPS) is 13.8. The van der Waals surface area contributed by atoms with Gasteiger partial charge in [-0.05, 0) is 77.0 Å². The first-order chi connectivity index (χ1) is 25.8. The van der Waals surface area contributed by atoms with E-state index in [1.54, 1.807) is 0 Å². The van der Waals surface area contributed by atoms with Crippen LogP contribution in [-0.2, 0) is 32.7 Å². The van der Waals surface area contributed by atoms with Crippen molar-refractivity contribution >= 4 is 19.8 Å². The lowest BCUT2D eigenvalue weighted by Gasteiger charge is -2.19. The molecule has 9 nitrogen and oxygen atoms in total. The molecule has 0 aliphatic heterocycles. The van der Waals surface area contributed by atoms with Gasteiger partial charge in [-0.25, -0.2) is 4.57 Å². The number of ether oxygens (including phenoxy) is 2. The van der Waals surface area contributed by atoms with Crippen LogP contribution < -0.4 is 5.73 Å². The predicted molar refractivity (Wildman–Crippen MR) is 220 cm³/mol. The number of hydrogen-bond acceptors (Lipinski definition) is 8. The summed E-state index contributed by atoms with van der Waals surface area (Å²) in [6.45, 7) is 3.65. The maximum atomic E-state index is 12.6. The van der Waals surface area contributed by atoms with Gasteiger partial charge in [0.25, 0.3) is 0 Å². The fourth-order valence-corrected chi connectivity index (χ4v) is 6.28. The van der Waals surface area contributed by atoms with Gasteiger partial charge in [0.1, 0.15) is 6.61 Å². The number of phosphoric ester groups is 1. The molecule has 0 aromatic rings. The van der Waals surface area contributed by atoms with Crippen LogP contribution in [0.15, 0.2) is 48.6 Å². The molecule has 2 unspecified atom stereocenters. The monoisotopic (exact) mass is 768 g/mol. The topological polar surface area (TPSA) is 134 Å². The Labute approximate surface area is 324 Å². The van der Waals surface area contributed by atoms with Crippen molar-refractivity contribution in [1.82, 2.24) is 0 Å². The van der Waals surface area contributed by atoms with E-state index in [-0.39, 0.29) is 32.6 Å². The summed E-state index contributed by atoms with van der Waals surface area (Å²) in [7, 11) is -4.38. The van der Waals surface area contributed by atoms with E-state index in [0.29, 0.717) is 12.8 Å². The van der Waals surface area contributed by atoms with E-state index in [0.717, 1.165) is 70.6 Å². The van der Waals surface area contributed by atoms with Crippen LogP contribution in [0.5, 0.6) is 0 Å². The van der Waals surface area contributed by atoms with Crippen LogP contribution in [-0.4, -0.2) is 49.3 Å². The first kappa shape index (κ1) is 51.0. The van der Waals surface area contributed by atoms with Crippen molar-refractivity contribution in [2.24, 2.45) is 5.73 Å². The van der Waals surface area contributed by atoms with Gasteiger partial charge in [-0.2, -0.15) is 0 Å². The predicted octanol–water partition coefficient (Wildman–Crippen LogP) is 11.9. The maximum Gasteiger partial charge on any atom is 0.472 e. The molecule has 2 atom stereocenters. The molecule has 0 aromatic carbocycles. The molecule has 0 bridgehead atoms. The average molecular weight is 768 g/mol. The zero-order valence-corrected chi connectivity index (χ0v) is 34.6. The molecule has 0 saturated heterocycles. The van der Waals surface area contributed by atoms with Crippen molar-refractivity contribution in [2.45, 2.75) is 187 Å². The minimum absolute atomic E-state index is 0.0484. The van der Waals surface area contributed by atoms with Crippen molar-refractivity contribution < 1.29 is 37.6 Å². The summed E-state index contributed by atoms with van der Waals surface area (Å²) in [6.07, 6.45) is 44.2. The highest BCUT2D eigenvalue weighted by Crippen LogP contribution is 2.43. The molecule has 0 aliphatic carbocycles. The fourth-order valence-electron chi connectivity index (χ4n) is 5.52. The number of esters is 2. The Bertz CT molecular complexity index is 1010. The van der Waals surface area contributed by atoms with Crippen LogP contribution >= 0.6 is 7.82 Å². The molecule has 0 rings (SSSR count). The summed E-state index contributed by atoms with van der Waals surface area (Å²) >= 11 is 0. The van der Waals surface area contributed by atoms with Gasteiger partial charge in [-0.15, -0.1) is 0 Å². The first-order valence-electron chi connectivity index (χ1n) is 21.1. The Morgan fingerprint density at radius 1 is 0.566 bits per heavy atom. The highest BCUT2D eigenvalue weighted by Gasteiger charge is 2.26. The van der Waals surface area contributed by atoms with Crippen molar-refractivity contribution in [3.63, 3.8) is 0 Å². The molecule has 308 valence electrons. The minimum atomic E-state index is -4.38. The van der Waals surface area contributed by atoms with Crippen molar-refractivity contribution in [3.05, 3.63) is 48.6 Å². The zero-order valence-electron chi connectivity index (χ0n) is 33.7. The molecule has 0 radical (unpaired) electrons.